The second-order valence-corrected chi connectivity index (χ2v) is 13.5. The zero-order chi connectivity index (χ0) is 23.2. The smallest absolute Gasteiger partial charge is 0.411 e. The van der Waals surface area contributed by atoms with E-state index in [1.807, 2.05) is 12.1 Å². The number of non-ortho nitro benzene ring substituents is 1. The molecular formula is C22H30N2O6Si. The fourth-order valence-electron chi connectivity index (χ4n) is 2.43. The summed E-state index contributed by atoms with van der Waals surface area (Å²) in [7, 11) is -0.424. The van der Waals surface area contributed by atoms with Gasteiger partial charge in [-0.1, -0.05) is 32.9 Å². The molecule has 0 aliphatic carbocycles. The highest BCUT2D eigenvalue weighted by molar-refractivity contribution is 6.74. The van der Waals surface area contributed by atoms with Crippen LogP contribution in [-0.4, -0.2) is 26.4 Å². The molecule has 168 valence electrons. The average molecular weight is 447 g/mol. The third-order valence-electron chi connectivity index (χ3n) is 5.45. The summed E-state index contributed by atoms with van der Waals surface area (Å²) in [6.07, 6.45) is -0.634. The highest BCUT2D eigenvalue weighted by atomic mass is 28.4. The van der Waals surface area contributed by atoms with Gasteiger partial charge >= 0.3 is 6.09 Å². The lowest BCUT2D eigenvalue weighted by Crippen LogP contribution is -2.40. The van der Waals surface area contributed by atoms with Gasteiger partial charge in [-0.15, -0.1) is 0 Å². The molecule has 2 rings (SSSR count). The third-order valence-corrected chi connectivity index (χ3v) is 9.92. The zero-order valence-electron chi connectivity index (χ0n) is 18.9. The Labute approximate surface area is 183 Å². The Morgan fingerprint density at radius 2 is 1.74 bits per heavy atom. The molecule has 8 nitrogen and oxygen atoms in total. The van der Waals surface area contributed by atoms with Crippen molar-refractivity contribution >= 4 is 25.8 Å². The van der Waals surface area contributed by atoms with Gasteiger partial charge in [0, 0.05) is 17.3 Å². The lowest BCUT2D eigenvalue weighted by molar-refractivity contribution is -0.384. The number of nitro groups is 1. The molecule has 0 aliphatic rings. The highest BCUT2D eigenvalue weighted by Crippen LogP contribution is 2.37. The second kappa shape index (κ2) is 9.93. The van der Waals surface area contributed by atoms with Crippen LogP contribution in [0.25, 0.3) is 0 Å². The summed E-state index contributed by atoms with van der Waals surface area (Å²) < 4.78 is 16.6. The Kier molecular flexibility index (Phi) is 7.80. The fraction of sp³-hybridized carbons (Fsp3) is 0.409. The average Bonchev–Trinajstić information content (AvgIpc) is 2.70. The number of amides is 1. The monoisotopic (exact) mass is 446 g/mol. The largest absolute Gasteiger partial charge is 0.496 e. The summed E-state index contributed by atoms with van der Waals surface area (Å²) in [6, 6.07) is 11.5. The first-order valence-corrected chi connectivity index (χ1v) is 12.8. The molecule has 0 unspecified atom stereocenters. The zero-order valence-corrected chi connectivity index (χ0v) is 19.9. The quantitative estimate of drug-likeness (QED) is 0.309. The normalized spacial score (nSPS) is 11.7. The van der Waals surface area contributed by atoms with Crippen LogP contribution in [0.5, 0.6) is 5.75 Å². The molecule has 0 aromatic heterocycles. The molecule has 2 aromatic carbocycles. The summed E-state index contributed by atoms with van der Waals surface area (Å²) >= 11 is 0. The molecule has 1 amide bonds. The number of rotatable bonds is 8. The SMILES string of the molecule is COc1cc([N+](=O)[O-])ccc1COC(=O)Nc1ccc(CO[Si](C)(C)C(C)(C)C)cc1. The van der Waals surface area contributed by atoms with Crippen molar-refractivity contribution in [1.29, 1.82) is 0 Å². The summed E-state index contributed by atoms with van der Waals surface area (Å²) in [5, 5.41) is 13.7. The first-order valence-electron chi connectivity index (χ1n) is 9.91. The molecule has 0 radical (unpaired) electrons. The van der Waals surface area contributed by atoms with Crippen LogP contribution in [0.2, 0.25) is 18.1 Å². The van der Waals surface area contributed by atoms with Gasteiger partial charge in [0.15, 0.2) is 8.32 Å². The van der Waals surface area contributed by atoms with Gasteiger partial charge in [-0.05, 0) is 41.9 Å². The van der Waals surface area contributed by atoms with Crippen molar-refractivity contribution < 1.29 is 23.6 Å². The molecule has 2 aromatic rings. The molecule has 0 bridgehead atoms. The lowest BCUT2D eigenvalue weighted by atomic mass is 10.2. The van der Waals surface area contributed by atoms with E-state index >= 15 is 0 Å². The van der Waals surface area contributed by atoms with Crippen molar-refractivity contribution in [2.75, 3.05) is 12.4 Å². The number of hydrogen-bond donors (Lipinski definition) is 1. The molecule has 1 N–H and O–H groups in total. The van der Waals surface area contributed by atoms with Gasteiger partial charge in [0.25, 0.3) is 5.69 Å². The van der Waals surface area contributed by atoms with Crippen LogP contribution in [0.1, 0.15) is 31.9 Å². The summed E-state index contributed by atoms with van der Waals surface area (Å²) in [4.78, 5) is 22.5. The number of ether oxygens (including phenoxy) is 2. The predicted octanol–water partition coefficient (Wildman–Crippen LogP) is 5.87. The summed E-state index contributed by atoms with van der Waals surface area (Å²) in [5.41, 5.74) is 2.06. The molecule has 0 atom stereocenters. The van der Waals surface area contributed by atoms with Crippen molar-refractivity contribution in [2.45, 2.75) is 52.1 Å². The minimum atomic E-state index is -1.83. The number of nitrogens with zero attached hydrogens (tertiary/aromatic N) is 1. The van der Waals surface area contributed by atoms with Crippen LogP contribution >= 0.6 is 0 Å². The van der Waals surface area contributed by atoms with Crippen molar-refractivity contribution in [3.8, 4) is 5.75 Å². The van der Waals surface area contributed by atoms with Crippen LogP contribution in [0.15, 0.2) is 42.5 Å². The van der Waals surface area contributed by atoms with Gasteiger partial charge in [0.1, 0.15) is 12.4 Å². The Bertz CT molecular complexity index is 923. The van der Waals surface area contributed by atoms with E-state index in [9.17, 15) is 14.9 Å². The van der Waals surface area contributed by atoms with Gasteiger partial charge in [-0.2, -0.15) is 0 Å². The van der Waals surface area contributed by atoms with Crippen LogP contribution in [0.4, 0.5) is 16.2 Å². The first kappa shape index (κ1) is 24.4. The Morgan fingerprint density at radius 3 is 2.29 bits per heavy atom. The summed E-state index contributed by atoms with van der Waals surface area (Å²) in [5.74, 6) is 0.285. The molecule has 0 aliphatic heterocycles. The Morgan fingerprint density at radius 1 is 1.10 bits per heavy atom. The van der Waals surface area contributed by atoms with Crippen LogP contribution in [0, 0.1) is 10.1 Å². The van der Waals surface area contributed by atoms with Crippen molar-refractivity contribution in [3.63, 3.8) is 0 Å². The fourth-order valence-corrected chi connectivity index (χ4v) is 3.39. The molecule has 9 heteroatoms. The first-order chi connectivity index (χ1) is 14.4. The maximum atomic E-state index is 12.1. The standard InChI is InChI=1S/C22H30N2O6Si/c1-22(2,3)31(5,6)30-14-16-7-10-18(11-8-16)23-21(25)29-15-17-9-12-19(24(26)27)13-20(17)28-4/h7-13H,14-15H2,1-6H3,(H,23,25). The topological polar surface area (TPSA) is 99.9 Å². The van der Waals surface area contributed by atoms with E-state index < -0.39 is 19.3 Å². The van der Waals surface area contributed by atoms with E-state index in [2.05, 4.69) is 39.2 Å². The van der Waals surface area contributed by atoms with E-state index in [1.54, 1.807) is 12.1 Å². The molecule has 0 saturated heterocycles. The van der Waals surface area contributed by atoms with Crippen molar-refractivity contribution in [2.24, 2.45) is 0 Å². The Balaban J connectivity index is 1.90. The van der Waals surface area contributed by atoms with E-state index in [0.717, 1.165) is 5.56 Å². The molecule has 0 fully saturated rings. The van der Waals surface area contributed by atoms with Gasteiger partial charge in [-0.25, -0.2) is 4.79 Å². The van der Waals surface area contributed by atoms with E-state index in [4.69, 9.17) is 13.9 Å². The maximum absolute atomic E-state index is 12.1. The number of benzene rings is 2. The number of nitrogens with one attached hydrogen (secondary N) is 1. The minimum Gasteiger partial charge on any atom is -0.496 e. The maximum Gasteiger partial charge on any atom is 0.411 e. The lowest BCUT2D eigenvalue weighted by Gasteiger charge is -2.36. The van der Waals surface area contributed by atoms with Crippen molar-refractivity contribution in [3.05, 3.63) is 63.7 Å². The minimum absolute atomic E-state index is 0.0779. The highest BCUT2D eigenvalue weighted by Gasteiger charge is 2.36. The van der Waals surface area contributed by atoms with Crippen LogP contribution in [0.3, 0.4) is 0 Å². The number of carbonyl (C=O) groups is 1. The van der Waals surface area contributed by atoms with Crippen molar-refractivity contribution in [1.82, 2.24) is 0 Å². The molecule has 31 heavy (non-hydrogen) atoms. The van der Waals surface area contributed by atoms with E-state index in [0.29, 0.717) is 17.9 Å². The van der Waals surface area contributed by atoms with Crippen LogP contribution < -0.4 is 10.1 Å². The number of methoxy groups -OCH3 is 1. The molecule has 0 saturated carbocycles. The third kappa shape index (κ3) is 6.80. The second-order valence-electron chi connectivity index (χ2n) is 8.70. The van der Waals surface area contributed by atoms with E-state index in [1.165, 1.54) is 25.3 Å². The number of hydrogen-bond acceptors (Lipinski definition) is 6. The molecule has 0 spiro atoms. The van der Waals surface area contributed by atoms with Gasteiger partial charge in [-0.3, -0.25) is 15.4 Å². The number of nitro benzene ring substituents is 1. The van der Waals surface area contributed by atoms with Crippen LogP contribution in [-0.2, 0) is 22.4 Å². The number of carbonyl (C=O) groups excluding carboxylic acids is 1. The van der Waals surface area contributed by atoms with E-state index in [-0.39, 0.29) is 23.1 Å². The molecule has 0 heterocycles. The predicted molar refractivity (Wildman–Crippen MR) is 122 cm³/mol. The van der Waals surface area contributed by atoms with Gasteiger partial charge in [0.05, 0.1) is 24.7 Å². The van der Waals surface area contributed by atoms with Gasteiger partial charge in [0.2, 0.25) is 0 Å². The van der Waals surface area contributed by atoms with Gasteiger partial charge < -0.3 is 13.9 Å². The molecular weight excluding hydrogens is 416 g/mol. The summed E-state index contributed by atoms with van der Waals surface area (Å²) in [6.45, 7) is 11.5. The number of anilines is 1. The Hall–Kier alpha value is -2.91.